The molecule has 0 fully saturated rings. The first-order chi connectivity index (χ1) is 6.11. The molecule has 4 nitrogen and oxygen atoms in total. The summed E-state index contributed by atoms with van der Waals surface area (Å²) < 4.78 is 0. The van der Waals surface area contributed by atoms with E-state index >= 15 is 0 Å². The van der Waals surface area contributed by atoms with Gasteiger partial charge in [-0.15, -0.1) is 0 Å². The summed E-state index contributed by atoms with van der Waals surface area (Å²) in [6.07, 6.45) is 2.20. The highest BCUT2D eigenvalue weighted by atomic mass is 16.6. The molecule has 1 atom stereocenters. The summed E-state index contributed by atoms with van der Waals surface area (Å²) in [7, 11) is 1.51. The smallest absolute Gasteiger partial charge is 0.146 e. The first kappa shape index (κ1) is 12.1. The molecule has 4 heteroatoms. The highest BCUT2D eigenvalue weighted by Gasteiger charge is 2.09. The second-order valence-electron chi connectivity index (χ2n) is 2.95. The van der Waals surface area contributed by atoms with Crippen LogP contribution < -0.4 is 5.73 Å². The summed E-state index contributed by atoms with van der Waals surface area (Å²) in [6.45, 7) is 3.50. The first-order valence-corrected chi connectivity index (χ1v) is 4.46. The monoisotopic (exact) mass is 186 g/mol. The van der Waals surface area contributed by atoms with Crippen LogP contribution in [0.3, 0.4) is 0 Å². The zero-order valence-corrected chi connectivity index (χ0v) is 8.54. The number of ketones is 1. The van der Waals surface area contributed by atoms with Crippen LogP contribution in [0.25, 0.3) is 0 Å². The highest BCUT2D eigenvalue weighted by Crippen LogP contribution is 2.01. The number of oxime groups is 1. The van der Waals surface area contributed by atoms with Crippen molar-refractivity contribution in [2.24, 2.45) is 10.9 Å². The van der Waals surface area contributed by atoms with Gasteiger partial charge in [0.25, 0.3) is 0 Å². The van der Waals surface area contributed by atoms with Crippen molar-refractivity contribution in [2.75, 3.05) is 7.11 Å². The Kier molecular flexibility index (Phi) is 6.14. The van der Waals surface area contributed by atoms with Crippen LogP contribution in [0.4, 0.5) is 0 Å². The van der Waals surface area contributed by atoms with Crippen molar-refractivity contribution >= 4 is 11.5 Å². The van der Waals surface area contributed by atoms with Gasteiger partial charge in [0.2, 0.25) is 0 Å². The predicted molar refractivity (Wildman–Crippen MR) is 52.6 cm³/mol. The van der Waals surface area contributed by atoms with E-state index in [1.54, 1.807) is 0 Å². The molecule has 0 rings (SSSR count). The van der Waals surface area contributed by atoms with Crippen molar-refractivity contribution < 1.29 is 9.63 Å². The Morgan fingerprint density at radius 2 is 2.23 bits per heavy atom. The lowest BCUT2D eigenvalue weighted by Crippen LogP contribution is -2.28. The third kappa shape index (κ3) is 5.36. The topological polar surface area (TPSA) is 64.7 Å². The van der Waals surface area contributed by atoms with E-state index in [0.717, 1.165) is 18.6 Å². The van der Waals surface area contributed by atoms with Crippen molar-refractivity contribution in [3.05, 3.63) is 0 Å². The van der Waals surface area contributed by atoms with Gasteiger partial charge >= 0.3 is 0 Å². The fraction of sp³-hybridized carbons (Fsp3) is 0.778. The highest BCUT2D eigenvalue weighted by molar-refractivity contribution is 5.85. The van der Waals surface area contributed by atoms with E-state index in [0.29, 0.717) is 6.42 Å². The van der Waals surface area contributed by atoms with E-state index in [1.807, 2.05) is 6.92 Å². The Morgan fingerprint density at radius 3 is 2.62 bits per heavy atom. The van der Waals surface area contributed by atoms with Crippen LogP contribution in [-0.2, 0) is 9.63 Å². The van der Waals surface area contributed by atoms with Gasteiger partial charge in [-0.25, -0.2) is 0 Å². The van der Waals surface area contributed by atoms with Gasteiger partial charge in [-0.05, 0) is 26.2 Å². The molecule has 0 bridgehead atoms. The minimum absolute atomic E-state index is 0.0212. The molecule has 0 aliphatic rings. The number of carbonyl (C=O) groups is 1. The quantitative estimate of drug-likeness (QED) is 0.499. The Hall–Kier alpha value is -0.900. The van der Waals surface area contributed by atoms with Crippen LogP contribution in [0.2, 0.25) is 0 Å². The van der Waals surface area contributed by atoms with Crippen molar-refractivity contribution in [1.29, 1.82) is 0 Å². The van der Waals surface area contributed by atoms with E-state index in [9.17, 15) is 4.79 Å². The summed E-state index contributed by atoms with van der Waals surface area (Å²) in [5.74, 6) is 0.0212. The zero-order chi connectivity index (χ0) is 10.3. The lowest BCUT2D eigenvalue weighted by atomic mass is 10.1. The summed E-state index contributed by atoms with van der Waals surface area (Å²) in [5.41, 5.74) is 6.51. The van der Waals surface area contributed by atoms with Crippen LogP contribution in [-0.4, -0.2) is 24.6 Å². The molecule has 0 unspecified atom stereocenters. The summed E-state index contributed by atoms with van der Waals surface area (Å²) >= 11 is 0. The van der Waals surface area contributed by atoms with E-state index in [4.69, 9.17) is 5.73 Å². The predicted octanol–water partition coefficient (Wildman–Crippen LogP) is 1.10. The number of nitrogens with zero attached hydrogens (tertiary/aromatic N) is 1. The Morgan fingerprint density at radius 1 is 1.62 bits per heavy atom. The third-order valence-corrected chi connectivity index (χ3v) is 1.89. The Bertz CT molecular complexity index is 190. The van der Waals surface area contributed by atoms with E-state index < -0.39 is 0 Å². The fourth-order valence-electron chi connectivity index (χ4n) is 0.941. The van der Waals surface area contributed by atoms with E-state index in [1.165, 1.54) is 14.0 Å². The lowest BCUT2D eigenvalue weighted by Gasteiger charge is -2.07. The maximum atomic E-state index is 10.8. The van der Waals surface area contributed by atoms with Crippen molar-refractivity contribution in [2.45, 2.75) is 39.2 Å². The molecule has 0 aromatic heterocycles. The molecule has 0 saturated carbocycles. The summed E-state index contributed by atoms with van der Waals surface area (Å²) in [5, 5.41) is 3.82. The minimum Gasteiger partial charge on any atom is -0.399 e. The Labute approximate surface area is 79.1 Å². The van der Waals surface area contributed by atoms with Crippen molar-refractivity contribution in [1.82, 2.24) is 0 Å². The maximum Gasteiger partial charge on any atom is 0.146 e. The third-order valence-electron chi connectivity index (χ3n) is 1.89. The van der Waals surface area contributed by atoms with Gasteiger partial charge in [0, 0.05) is 0 Å². The van der Waals surface area contributed by atoms with Gasteiger partial charge in [-0.2, -0.15) is 0 Å². The van der Waals surface area contributed by atoms with Gasteiger partial charge in [0.1, 0.15) is 12.9 Å². The molecule has 0 aromatic carbocycles. The van der Waals surface area contributed by atoms with Crippen LogP contribution in [0.5, 0.6) is 0 Å². The fourth-order valence-corrected chi connectivity index (χ4v) is 0.941. The molecule has 0 aliphatic heterocycles. The zero-order valence-electron chi connectivity index (χ0n) is 8.54. The average Bonchev–Trinajstić information content (AvgIpc) is 2.11. The second-order valence-corrected chi connectivity index (χ2v) is 2.95. The first-order valence-electron chi connectivity index (χ1n) is 4.46. The normalized spacial score (nSPS) is 14.0. The van der Waals surface area contributed by atoms with Crippen LogP contribution >= 0.6 is 0 Å². The number of hydrogen-bond donors (Lipinski definition) is 1. The number of hydrogen-bond acceptors (Lipinski definition) is 4. The maximum absolute atomic E-state index is 10.8. The molecule has 0 heterocycles. The number of Topliss-reactive ketones (excluding diaryl/α,β-unsaturated/α-hetero) is 1. The average molecular weight is 186 g/mol. The van der Waals surface area contributed by atoms with Gasteiger partial charge in [-0.1, -0.05) is 12.1 Å². The summed E-state index contributed by atoms with van der Waals surface area (Å²) in [4.78, 5) is 15.5. The van der Waals surface area contributed by atoms with Crippen LogP contribution in [0.15, 0.2) is 5.16 Å². The molecule has 0 radical (unpaired) electrons. The van der Waals surface area contributed by atoms with Crippen LogP contribution in [0.1, 0.15) is 33.1 Å². The molecule has 76 valence electrons. The number of carbonyl (C=O) groups excluding carboxylic acids is 1. The number of rotatable bonds is 6. The van der Waals surface area contributed by atoms with Gasteiger partial charge in [0.15, 0.2) is 0 Å². The lowest BCUT2D eigenvalue weighted by molar-refractivity contribution is -0.118. The van der Waals surface area contributed by atoms with Gasteiger partial charge in [-0.3, -0.25) is 4.79 Å². The van der Waals surface area contributed by atoms with Crippen molar-refractivity contribution in [3.8, 4) is 0 Å². The van der Waals surface area contributed by atoms with Gasteiger partial charge < -0.3 is 10.6 Å². The van der Waals surface area contributed by atoms with Crippen LogP contribution in [0, 0.1) is 0 Å². The molecule has 0 amide bonds. The Balaban J connectivity index is 3.85. The van der Waals surface area contributed by atoms with Gasteiger partial charge in [0.05, 0.1) is 11.8 Å². The molecular formula is C9H18N2O2. The van der Waals surface area contributed by atoms with E-state index in [2.05, 4.69) is 9.99 Å². The SMILES string of the molecule is CC/C(CC[C@H](N)C(C)=O)=N\OC. The second kappa shape index (κ2) is 6.60. The molecule has 0 spiro atoms. The molecule has 2 N–H and O–H groups in total. The van der Waals surface area contributed by atoms with E-state index in [-0.39, 0.29) is 11.8 Å². The molecule has 13 heavy (non-hydrogen) atoms. The van der Waals surface area contributed by atoms with Crippen molar-refractivity contribution in [3.63, 3.8) is 0 Å². The summed E-state index contributed by atoms with van der Waals surface area (Å²) in [6, 6.07) is -0.367. The number of nitrogens with two attached hydrogens (primary N) is 1. The minimum atomic E-state index is -0.367. The molecule has 0 saturated heterocycles. The molecule has 0 aromatic rings. The standard InChI is InChI=1S/C9H18N2O2/c1-4-8(11-13-3)5-6-9(10)7(2)12/h9H,4-6,10H2,1-3H3/b11-8+/t9-/m0/s1. The molecule has 0 aliphatic carbocycles. The molecular weight excluding hydrogens is 168 g/mol. The largest absolute Gasteiger partial charge is 0.399 e.